The number of benzene rings is 1. The minimum Gasteiger partial charge on any atom is -0.447 e. The smallest absolute Gasteiger partial charge is 0.411 e. The minimum absolute atomic E-state index is 0.0652. The lowest BCUT2D eigenvalue weighted by atomic mass is 10.1. The molecule has 0 spiro atoms. The van der Waals surface area contributed by atoms with Crippen molar-refractivity contribution in [1.29, 1.82) is 0 Å². The second-order valence-electron chi connectivity index (χ2n) is 3.38. The summed E-state index contributed by atoms with van der Waals surface area (Å²) in [7, 11) is 0. The molecule has 1 aromatic carbocycles. The number of aliphatic hydroxyl groups excluding tert-OH is 1. The summed E-state index contributed by atoms with van der Waals surface area (Å²) >= 11 is 0. The standard InChI is InChI=1S/C11H14N2O4/c1-7-6-8(10(12)15)2-3-9(7)13-11(16)17-5-4-14/h2-3,6,14H,4-5H2,1H3,(H2,12,15)(H,13,16). The number of primary amides is 1. The van der Waals surface area contributed by atoms with Crippen molar-refractivity contribution in [1.82, 2.24) is 0 Å². The quantitative estimate of drug-likeness (QED) is 0.716. The summed E-state index contributed by atoms with van der Waals surface area (Å²) < 4.78 is 4.64. The number of nitrogens with one attached hydrogen (secondary N) is 1. The Hall–Kier alpha value is -2.08. The fourth-order valence-corrected chi connectivity index (χ4v) is 1.24. The average molecular weight is 238 g/mol. The van der Waals surface area contributed by atoms with Crippen LogP contribution in [0, 0.1) is 6.92 Å². The summed E-state index contributed by atoms with van der Waals surface area (Å²) in [6.45, 7) is 1.44. The number of nitrogens with two attached hydrogens (primary N) is 1. The first-order valence-corrected chi connectivity index (χ1v) is 4.99. The lowest BCUT2D eigenvalue weighted by Gasteiger charge is -2.09. The van der Waals surface area contributed by atoms with Gasteiger partial charge in [0.1, 0.15) is 6.61 Å². The molecule has 1 rings (SSSR count). The zero-order valence-electron chi connectivity index (χ0n) is 9.40. The third-order valence-electron chi connectivity index (χ3n) is 2.07. The number of aliphatic hydroxyl groups is 1. The number of aryl methyl sites for hydroxylation is 1. The Balaban J connectivity index is 2.72. The van der Waals surface area contributed by atoms with Crippen molar-refractivity contribution in [2.45, 2.75) is 6.92 Å². The fraction of sp³-hybridized carbons (Fsp3) is 0.273. The highest BCUT2D eigenvalue weighted by molar-refractivity contribution is 5.94. The van der Waals surface area contributed by atoms with E-state index >= 15 is 0 Å². The highest BCUT2D eigenvalue weighted by Gasteiger charge is 2.07. The third-order valence-corrected chi connectivity index (χ3v) is 2.07. The maximum absolute atomic E-state index is 11.2. The Bertz CT molecular complexity index is 431. The van der Waals surface area contributed by atoms with E-state index in [0.717, 1.165) is 0 Å². The van der Waals surface area contributed by atoms with Crippen molar-refractivity contribution in [3.63, 3.8) is 0 Å². The largest absolute Gasteiger partial charge is 0.447 e. The van der Waals surface area contributed by atoms with E-state index in [0.29, 0.717) is 16.8 Å². The lowest BCUT2D eigenvalue weighted by Crippen LogP contribution is -2.17. The highest BCUT2D eigenvalue weighted by Crippen LogP contribution is 2.16. The van der Waals surface area contributed by atoms with Gasteiger partial charge in [-0.15, -0.1) is 0 Å². The molecule has 0 saturated heterocycles. The van der Waals surface area contributed by atoms with Crippen LogP contribution in [0.25, 0.3) is 0 Å². The molecule has 0 aliphatic carbocycles. The fourth-order valence-electron chi connectivity index (χ4n) is 1.24. The van der Waals surface area contributed by atoms with E-state index in [-0.39, 0.29) is 13.2 Å². The van der Waals surface area contributed by atoms with E-state index in [4.69, 9.17) is 10.8 Å². The van der Waals surface area contributed by atoms with Crippen molar-refractivity contribution < 1.29 is 19.4 Å². The van der Waals surface area contributed by atoms with Crippen LogP contribution < -0.4 is 11.1 Å². The second kappa shape index (κ2) is 5.86. The van der Waals surface area contributed by atoms with Crippen LogP contribution >= 0.6 is 0 Å². The number of rotatable bonds is 4. The molecule has 0 unspecified atom stereocenters. The second-order valence-corrected chi connectivity index (χ2v) is 3.38. The zero-order chi connectivity index (χ0) is 12.8. The predicted octanol–water partition coefficient (Wildman–Crippen LogP) is 0.635. The molecule has 6 heteroatoms. The molecule has 1 aromatic rings. The Morgan fingerprint density at radius 1 is 1.47 bits per heavy atom. The van der Waals surface area contributed by atoms with Crippen molar-refractivity contribution in [3.05, 3.63) is 29.3 Å². The number of anilines is 1. The van der Waals surface area contributed by atoms with Crippen LogP contribution in [-0.2, 0) is 4.74 Å². The van der Waals surface area contributed by atoms with Gasteiger partial charge in [0.2, 0.25) is 5.91 Å². The summed E-state index contributed by atoms with van der Waals surface area (Å²) in [5.74, 6) is -0.525. The first-order chi connectivity index (χ1) is 8.04. The topological polar surface area (TPSA) is 102 Å². The molecule has 0 atom stereocenters. The number of amides is 2. The Labute approximate surface area is 98.4 Å². The van der Waals surface area contributed by atoms with E-state index in [1.807, 2.05) is 0 Å². The number of carbonyl (C=O) groups excluding carboxylic acids is 2. The molecule has 0 radical (unpaired) electrons. The molecule has 0 fully saturated rings. The summed E-state index contributed by atoms with van der Waals surface area (Å²) in [5.41, 5.74) is 6.72. The van der Waals surface area contributed by atoms with Gasteiger partial charge in [-0.2, -0.15) is 0 Å². The molecule has 0 saturated carbocycles. The minimum atomic E-state index is -0.658. The molecular weight excluding hydrogens is 224 g/mol. The average Bonchev–Trinajstić information content (AvgIpc) is 2.28. The molecule has 2 amide bonds. The summed E-state index contributed by atoms with van der Waals surface area (Å²) in [4.78, 5) is 22.1. The lowest BCUT2D eigenvalue weighted by molar-refractivity contribution is 0.1000. The van der Waals surface area contributed by atoms with E-state index in [9.17, 15) is 9.59 Å². The number of carbonyl (C=O) groups is 2. The van der Waals surface area contributed by atoms with E-state index in [1.165, 1.54) is 6.07 Å². The molecule has 0 aliphatic heterocycles. The first kappa shape index (κ1) is 13.0. The van der Waals surface area contributed by atoms with Crippen LogP contribution in [0.2, 0.25) is 0 Å². The summed E-state index contributed by atoms with van der Waals surface area (Å²) in [6, 6.07) is 4.65. The summed E-state index contributed by atoms with van der Waals surface area (Å²) in [5, 5.41) is 11.0. The third kappa shape index (κ3) is 3.76. The molecule has 92 valence electrons. The number of hydrogen-bond acceptors (Lipinski definition) is 4. The summed E-state index contributed by atoms with van der Waals surface area (Å²) in [6.07, 6.45) is -0.658. The van der Waals surface area contributed by atoms with Crippen molar-refractivity contribution in [2.75, 3.05) is 18.5 Å². The molecule has 17 heavy (non-hydrogen) atoms. The molecular formula is C11H14N2O4. The predicted molar refractivity (Wildman–Crippen MR) is 61.8 cm³/mol. The van der Waals surface area contributed by atoms with Gasteiger partial charge in [-0.1, -0.05) is 0 Å². The van der Waals surface area contributed by atoms with Crippen LogP contribution in [0.4, 0.5) is 10.5 Å². The van der Waals surface area contributed by atoms with Crippen LogP contribution in [-0.4, -0.2) is 30.3 Å². The Morgan fingerprint density at radius 3 is 2.71 bits per heavy atom. The van der Waals surface area contributed by atoms with Gasteiger partial charge in [0, 0.05) is 11.3 Å². The van der Waals surface area contributed by atoms with Gasteiger partial charge < -0.3 is 15.6 Å². The Morgan fingerprint density at radius 2 is 2.18 bits per heavy atom. The van der Waals surface area contributed by atoms with E-state index < -0.39 is 12.0 Å². The van der Waals surface area contributed by atoms with Crippen molar-refractivity contribution >= 4 is 17.7 Å². The zero-order valence-corrected chi connectivity index (χ0v) is 9.40. The van der Waals surface area contributed by atoms with Crippen molar-refractivity contribution in [3.8, 4) is 0 Å². The van der Waals surface area contributed by atoms with Gasteiger partial charge in [0.15, 0.2) is 0 Å². The first-order valence-electron chi connectivity index (χ1n) is 4.99. The SMILES string of the molecule is Cc1cc(C(N)=O)ccc1NC(=O)OCCO. The van der Waals surface area contributed by atoms with Crippen LogP contribution in [0.15, 0.2) is 18.2 Å². The maximum atomic E-state index is 11.2. The molecule has 0 heterocycles. The van der Waals surface area contributed by atoms with Crippen molar-refractivity contribution in [2.24, 2.45) is 5.73 Å². The van der Waals surface area contributed by atoms with Crippen LogP contribution in [0.5, 0.6) is 0 Å². The van der Waals surface area contributed by atoms with Gasteiger partial charge in [0.25, 0.3) is 0 Å². The van der Waals surface area contributed by atoms with Gasteiger partial charge >= 0.3 is 6.09 Å². The van der Waals surface area contributed by atoms with Gasteiger partial charge in [-0.25, -0.2) is 4.79 Å². The van der Waals surface area contributed by atoms with Gasteiger partial charge in [0.05, 0.1) is 6.61 Å². The van der Waals surface area contributed by atoms with Gasteiger partial charge in [-0.3, -0.25) is 10.1 Å². The Kier molecular flexibility index (Phi) is 4.47. The van der Waals surface area contributed by atoms with Crippen LogP contribution in [0.3, 0.4) is 0 Å². The normalized spacial score (nSPS) is 9.76. The number of ether oxygens (including phenoxy) is 1. The maximum Gasteiger partial charge on any atom is 0.411 e. The van der Waals surface area contributed by atoms with E-state index in [1.54, 1.807) is 19.1 Å². The molecule has 0 bridgehead atoms. The molecule has 4 N–H and O–H groups in total. The highest BCUT2D eigenvalue weighted by atomic mass is 16.6. The molecule has 0 aliphatic rings. The van der Waals surface area contributed by atoms with E-state index in [2.05, 4.69) is 10.1 Å². The monoisotopic (exact) mass is 238 g/mol. The number of hydrogen-bond donors (Lipinski definition) is 3. The van der Waals surface area contributed by atoms with Crippen LogP contribution in [0.1, 0.15) is 15.9 Å². The molecule has 0 aromatic heterocycles. The molecule has 6 nitrogen and oxygen atoms in total. The van der Waals surface area contributed by atoms with Gasteiger partial charge in [-0.05, 0) is 30.7 Å².